The fraction of sp³-hybridized carbons (Fsp3) is 0.333. The zero-order chi connectivity index (χ0) is 23.2. The molecule has 1 aromatic heterocycles. The summed E-state index contributed by atoms with van der Waals surface area (Å²) in [6, 6.07) is 14.3. The number of nitro benzene ring substituents is 1. The molecule has 0 saturated carbocycles. The normalized spacial score (nSPS) is 14.8. The molecule has 0 bridgehead atoms. The number of non-ortho nitro benzene ring substituents is 1. The Bertz CT molecular complexity index is 1210. The monoisotopic (exact) mass is 450 g/mol. The van der Waals surface area contributed by atoms with Gasteiger partial charge in [0.05, 0.1) is 16.5 Å². The predicted octanol–water partition coefficient (Wildman–Crippen LogP) is 3.14. The third kappa shape index (κ3) is 5.56. The Hall–Kier alpha value is -3.72. The van der Waals surface area contributed by atoms with E-state index in [4.69, 9.17) is 4.42 Å². The van der Waals surface area contributed by atoms with Crippen molar-refractivity contribution in [3.05, 3.63) is 80.8 Å². The SMILES string of the molecule is O=C(CCCn1c(=O)oc2cc([N+](=O)[O-])ccc21)N1CCN(C/C=C/c2ccccc2)CC1. The van der Waals surface area contributed by atoms with Crippen molar-refractivity contribution in [3.63, 3.8) is 0 Å². The first-order valence-corrected chi connectivity index (χ1v) is 11.0. The van der Waals surface area contributed by atoms with Crippen molar-refractivity contribution in [1.82, 2.24) is 14.4 Å². The van der Waals surface area contributed by atoms with Crippen LogP contribution in [0.5, 0.6) is 0 Å². The van der Waals surface area contributed by atoms with Gasteiger partial charge in [0.25, 0.3) is 5.69 Å². The first-order valence-electron chi connectivity index (χ1n) is 11.0. The second-order valence-corrected chi connectivity index (χ2v) is 8.03. The van der Waals surface area contributed by atoms with E-state index in [9.17, 15) is 19.7 Å². The molecule has 0 spiro atoms. The van der Waals surface area contributed by atoms with Gasteiger partial charge in [0.15, 0.2) is 5.58 Å². The maximum absolute atomic E-state index is 12.6. The molecule has 1 aliphatic rings. The second kappa shape index (κ2) is 10.3. The summed E-state index contributed by atoms with van der Waals surface area (Å²) < 4.78 is 6.55. The highest BCUT2D eigenvalue weighted by atomic mass is 16.6. The largest absolute Gasteiger partial charge is 0.419 e. The summed E-state index contributed by atoms with van der Waals surface area (Å²) in [6.45, 7) is 4.21. The van der Waals surface area contributed by atoms with Crippen molar-refractivity contribution in [2.45, 2.75) is 19.4 Å². The maximum atomic E-state index is 12.6. The van der Waals surface area contributed by atoms with Gasteiger partial charge in [0.2, 0.25) is 5.91 Å². The van der Waals surface area contributed by atoms with E-state index in [2.05, 4.69) is 29.2 Å². The van der Waals surface area contributed by atoms with Gasteiger partial charge in [-0.3, -0.25) is 24.4 Å². The number of piperazine rings is 1. The van der Waals surface area contributed by atoms with Crippen LogP contribution in [-0.4, -0.2) is 57.9 Å². The molecule has 9 heteroatoms. The minimum absolute atomic E-state index is 0.0750. The summed E-state index contributed by atoms with van der Waals surface area (Å²) in [5.74, 6) is -0.499. The lowest BCUT2D eigenvalue weighted by Gasteiger charge is -2.34. The number of oxazole rings is 1. The number of carbonyl (C=O) groups excluding carboxylic acids is 1. The molecule has 2 heterocycles. The van der Waals surface area contributed by atoms with E-state index in [1.165, 1.54) is 28.3 Å². The predicted molar refractivity (Wildman–Crippen MR) is 125 cm³/mol. The van der Waals surface area contributed by atoms with Crippen LogP contribution < -0.4 is 5.76 Å². The van der Waals surface area contributed by atoms with Gasteiger partial charge in [0.1, 0.15) is 0 Å². The average Bonchev–Trinajstić information content (AvgIpc) is 3.14. The molecule has 1 aliphatic heterocycles. The van der Waals surface area contributed by atoms with Crippen molar-refractivity contribution >= 4 is 28.8 Å². The van der Waals surface area contributed by atoms with E-state index in [1.807, 2.05) is 23.1 Å². The van der Waals surface area contributed by atoms with E-state index >= 15 is 0 Å². The molecule has 0 atom stereocenters. The molecule has 172 valence electrons. The Morgan fingerprint density at radius 2 is 1.85 bits per heavy atom. The number of benzene rings is 2. The van der Waals surface area contributed by atoms with Crippen LogP contribution in [-0.2, 0) is 11.3 Å². The smallest absolute Gasteiger partial charge is 0.407 e. The van der Waals surface area contributed by atoms with Gasteiger partial charge in [-0.25, -0.2) is 4.79 Å². The number of nitro groups is 1. The molecular weight excluding hydrogens is 424 g/mol. The van der Waals surface area contributed by atoms with Crippen LogP contribution in [0.4, 0.5) is 5.69 Å². The summed E-state index contributed by atoms with van der Waals surface area (Å²) in [6.07, 6.45) is 5.08. The van der Waals surface area contributed by atoms with Crippen LogP contribution in [0.3, 0.4) is 0 Å². The number of fused-ring (bicyclic) bond motifs is 1. The quantitative estimate of drug-likeness (QED) is 0.386. The molecule has 33 heavy (non-hydrogen) atoms. The first-order chi connectivity index (χ1) is 16.0. The Kier molecular flexibility index (Phi) is 6.99. The fourth-order valence-corrected chi connectivity index (χ4v) is 4.01. The number of aryl methyl sites for hydroxylation is 1. The zero-order valence-electron chi connectivity index (χ0n) is 18.3. The van der Waals surface area contributed by atoms with Gasteiger partial charge in [-0.15, -0.1) is 0 Å². The Balaban J connectivity index is 1.23. The standard InChI is InChI=1S/C24H26N4O5/c29-23(26-16-14-25(15-17-26)12-4-8-19-6-2-1-3-7-19)9-5-13-27-21-11-10-20(28(31)32)18-22(21)33-24(27)30/h1-4,6-8,10-11,18H,5,9,12-17H2/b8-4+. The molecule has 0 aliphatic carbocycles. The summed E-state index contributed by atoms with van der Waals surface area (Å²) >= 11 is 0. The lowest BCUT2D eigenvalue weighted by Crippen LogP contribution is -2.48. The van der Waals surface area contributed by atoms with Crippen LogP contribution in [0.1, 0.15) is 18.4 Å². The summed E-state index contributed by atoms with van der Waals surface area (Å²) in [7, 11) is 0. The zero-order valence-corrected chi connectivity index (χ0v) is 18.3. The molecule has 0 radical (unpaired) electrons. The minimum Gasteiger partial charge on any atom is -0.407 e. The van der Waals surface area contributed by atoms with Crippen molar-refractivity contribution in [3.8, 4) is 0 Å². The summed E-state index contributed by atoms with van der Waals surface area (Å²) in [5, 5.41) is 10.9. The second-order valence-electron chi connectivity index (χ2n) is 8.03. The van der Waals surface area contributed by atoms with Gasteiger partial charge in [-0.1, -0.05) is 42.5 Å². The molecule has 1 amide bonds. The summed E-state index contributed by atoms with van der Waals surface area (Å²) in [4.78, 5) is 39.3. The van der Waals surface area contributed by atoms with Crippen molar-refractivity contribution < 1.29 is 14.1 Å². The molecule has 9 nitrogen and oxygen atoms in total. The van der Waals surface area contributed by atoms with E-state index in [1.54, 1.807) is 0 Å². The fourth-order valence-electron chi connectivity index (χ4n) is 4.01. The lowest BCUT2D eigenvalue weighted by atomic mass is 10.2. The highest BCUT2D eigenvalue weighted by Gasteiger charge is 2.20. The van der Waals surface area contributed by atoms with Crippen LogP contribution in [0, 0.1) is 10.1 Å². The molecular formula is C24H26N4O5. The molecule has 0 N–H and O–H groups in total. The Morgan fingerprint density at radius 3 is 2.58 bits per heavy atom. The molecule has 1 saturated heterocycles. The molecule has 4 rings (SSSR count). The average molecular weight is 450 g/mol. The summed E-state index contributed by atoms with van der Waals surface area (Å²) in [5.41, 5.74) is 1.72. The maximum Gasteiger partial charge on any atom is 0.419 e. The third-order valence-electron chi connectivity index (χ3n) is 5.83. The highest BCUT2D eigenvalue weighted by molar-refractivity contribution is 5.77. The molecule has 2 aromatic carbocycles. The van der Waals surface area contributed by atoms with Crippen molar-refractivity contribution in [2.24, 2.45) is 0 Å². The minimum atomic E-state index is -0.574. The number of nitrogens with zero attached hydrogens (tertiary/aromatic N) is 4. The molecule has 1 fully saturated rings. The number of rotatable bonds is 8. The van der Waals surface area contributed by atoms with Crippen LogP contribution in [0.25, 0.3) is 17.2 Å². The van der Waals surface area contributed by atoms with Gasteiger partial charge in [0, 0.05) is 51.8 Å². The van der Waals surface area contributed by atoms with Crippen LogP contribution >= 0.6 is 0 Å². The molecule has 0 unspecified atom stereocenters. The van der Waals surface area contributed by atoms with Crippen molar-refractivity contribution in [2.75, 3.05) is 32.7 Å². The van der Waals surface area contributed by atoms with Crippen molar-refractivity contribution in [1.29, 1.82) is 0 Å². The van der Waals surface area contributed by atoms with Crippen LogP contribution in [0.2, 0.25) is 0 Å². The Morgan fingerprint density at radius 1 is 1.09 bits per heavy atom. The number of aromatic nitrogens is 1. The van der Waals surface area contributed by atoms with Gasteiger partial charge < -0.3 is 9.32 Å². The third-order valence-corrected chi connectivity index (χ3v) is 5.83. The number of carbonyl (C=O) groups is 1. The Labute approximate surface area is 190 Å². The van der Waals surface area contributed by atoms with E-state index in [0.717, 1.165) is 19.6 Å². The number of hydrogen-bond acceptors (Lipinski definition) is 6. The van der Waals surface area contributed by atoms with E-state index in [-0.39, 0.29) is 17.2 Å². The van der Waals surface area contributed by atoms with E-state index < -0.39 is 10.7 Å². The topological polar surface area (TPSA) is 102 Å². The highest BCUT2D eigenvalue weighted by Crippen LogP contribution is 2.20. The first kappa shape index (κ1) is 22.5. The number of amides is 1. The molecule has 3 aromatic rings. The van der Waals surface area contributed by atoms with E-state index in [0.29, 0.717) is 38.0 Å². The van der Waals surface area contributed by atoms with Gasteiger partial charge >= 0.3 is 5.76 Å². The lowest BCUT2D eigenvalue weighted by molar-refractivity contribution is -0.384. The van der Waals surface area contributed by atoms with Gasteiger partial charge in [-0.05, 0) is 18.1 Å². The number of hydrogen-bond donors (Lipinski definition) is 0. The van der Waals surface area contributed by atoms with Gasteiger partial charge in [-0.2, -0.15) is 0 Å². The van der Waals surface area contributed by atoms with Crippen LogP contribution in [0.15, 0.2) is 63.8 Å².